The molecule has 0 radical (unpaired) electrons. The number of carboxylic acids is 1. The van der Waals surface area contributed by atoms with Gasteiger partial charge in [-0.2, -0.15) is 0 Å². The minimum Gasteiger partial charge on any atom is -0.481 e. The molecular weight excluding hydrogens is 306 g/mol. The van der Waals surface area contributed by atoms with Gasteiger partial charge < -0.3 is 10.8 Å². The van der Waals surface area contributed by atoms with E-state index in [2.05, 4.69) is 0 Å². The van der Waals surface area contributed by atoms with Crippen LogP contribution in [0.25, 0.3) is 0 Å². The Labute approximate surface area is 133 Å². The van der Waals surface area contributed by atoms with E-state index in [1.54, 1.807) is 30.8 Å². The summed E-state index contributed by atoms with van der Waals surface area (Å²) in [7, 11) is 0. The molecule has 21 heavy (non-hydrogen) atoms. The summed E-state index contributed by atoms with van der Waals surface area (Å²) in [5.41, 5.74) is 8.35. The number of carbonyl (C=O) groups is 1. The van der Waals surface area contributed by atoms with Gasteiger partial charge in [-0.05, 0) is 36.2 Å². The summed E-state index contributed by atoms with van der Waals surface area (Å²) in [6.07, 6.45) is 0. The van der Waals surface area contributed by atoms with Crippen molar-refractivity contribution >= 4 is 35.0 Å². The van der Waals surface area contributed by atoms with Crippen LogP contribution in [0, 0.1) is 0 Å². The highest BCUT2D eigenvalue weighted by molar-refractivity contribution is 7.98. The summed E-state index contributed by atoms with van der Waals surface area (Å²) in [6, 6.07) is 13.0. The minimum absolute atomic E-state index is 0.491. The number of anilines is 1. The summed E-state index contributed by atoms with van der Waals surface area (Å²) < 4.78 is 0. The normalized spacial score (nSPS) is 12.1. The lowest BCUT2D eigenvalue weighted by Crippen LogP contribution is -2.07. The topological polar surface area (TPSA) is 63.3 Å². The zero-order valence-electron chi connectivity index (χ0n) is 11.5. The standard InChI is InChI=1S/C16H16ClNO2S/c1-10(16(19)20)12-4-2-11(3-5-12)9-21-15-8-13(18)6-7-14(15)17/h2-8,10H,9,18H2,1H3,(H,19,20). The molecule has 1 unspecified atom stereocenters. The molecule has 0 saturated carbocycles. The molecule has 0 fully saturated rings. The van der Waals surface area contributed by atoms with Crippen LogP contribution in [-0.4, -0.2) is 11.1 Å². The van der Waals surface area contributed by atoms with E-state index in [0.717, 1.165) is 21.8 Å². The van der Waals surface area contributed by atoms with Gasteiger partial charge in [0.1, 0.15) is 0 Å². The zero-order chi connectivity index (χ0) is 15.4. The quantitative estimate of drug-likeness (QED) is 0.632. The fourth-order valence-corrected chi connectivity index (χ4v) is 3.06. The van der Waals surface area contributed by atoms with Crippen LogP contribution in [0.5, 0.6) is 0 Å². The highest BCUT2D eigenvalue weighted by Crippen LogP contribution is 2.31. The van der Waals surface area contributed by atoms with Gasteiger partial charge in [-0.25, -0.2) is 0 Å². The summed E-state index contributed by atoms with van der Waals surface area (Å²) >= 11 is 7.73. The fourth-order valence-electron chi connectivity index (χ4n) is 1.84. The van der Waals surface area contributed by atoms with Crippen LogP contribution in [0.1, 0.15) is 24.0 Å². The van der Waals surface area contributed by atoms with Crippen LogP contribution in [0.15, 0.2) is 47.4 Å². The van der Waals surface area contributed by atoms with E-state index < -0.39 is 11.9 Å². The molecule has 1 atom stereocenters. The van der Waals surface area contributed by atoms with Gasteiger partial charge in [0.15, 0.2) is 0 Å². The molecule has 2 aromatic carbocycles. The maximum absolute atomic E-state index is 10.9. The van der Waals surface area contributed by atoms with Crippen LogP contribution in [0.2, 0.25) is 5.02 Å². The van der Waals surface area contributed by atoms with E-state index in [-0.39, 0.29) is 0 Å². The Kier molecular flexibility index (Phi) is 5.15. The van der Waals surface area contributed by atoms with E-state index in [1.165, 1.54) is 0 Å². The number of rotatable bonds is 5. The van der Waals surface area contributed by atoms with Gasteiger partial charge >= 0.3 is 5.97 Å². The van der Waals surface area contributed by atoms with Gasteiger partial charge in [-0.1, -0.05) is 35.9 Å². The molecule has 110 valence electrons. The summed E-state index contributed by atoms with van der Waals surface area (Å²) in [5.74, 6) is -0.552. The largest absolute Gasteiger partial charge is 0.481 e. The lowest BCUT2D eigenvalue weighted by Gasteiger charge is -2.08. The van der Waals surface area contributed by atoms with Crippen molar-refractivity contribution in [1.29, 1.82) is 0 Å². The first kappa shape index (κ1) is 15.7. The van der Waals surface area contributed by atoms with Crippen molar-refractivity contribution in [1.82, 2.24) is 0 Å². The monoisotopic (exact) mass is 321 g/mol. The maximum Gasteiger partial charge on any atom is 0.310 e. The summed E-state index contributed by atoms with van der Waals surface area (Å²) in [5, 5.41) is 9.67. The molecule has 2 rings (SSSR count). The number of thioether (sulfide) groups is 1. The Balaban J connectivity index is 2.04. The lowest BCUT2D eigenvalue weighted by molar-refractivity contribution is -0.138. The van der Waals surface area contributed by atoms with Crippen molar-refractivity contribution in [2.45, 2.75) is 23.5 Å². The minimum atomic E-state index is -0.816. The number of hydrogen-bond donors (Lipinski definition) is 2. The van der Waals surface area contributed by atoms with Crippen molar-refractivity contribution in [2.75, 3.05) is 5.73 Å². The first-order valence-electron chi connectivity index (χ1n) is 6.47. The summed E-state index contributed by atoms with van der Waals surface area (Å²) in [4.78, 5) is 11.9. The number of nitrogens with two attached hydrogens (primary N) is 1. The second-order valence-electron chi connectivity index (χ2n) is 4.78. The molecule has 5 heteroatoms. The Morgan fingerprint density at radius 1 is 1.29 bits per heavy atom. The predicted molar refractivity (Wildman–Crippen MR) is 87.9 cm³/mol. The molecule has 0 aromatic heterocycles. The lowest BCUT2D eigenvalue weighted by atomic mass is 10.0. The van der Waals surface area contributed by atoms with Gasteiger partial charge in [0.05, 0.1) is 10.9 Å². The third-order valence-electron chi connectivity index (χ3n) is 3.20. The van der Waals surface area contributed by atoms with E-state index in [1.807, 2.05) is 30.3 Å². The number of benzene rings is 2. The molecule has 0 saturated heterocycles. The van der Waals surface area contributed by atoms with Crippen LogP contribution in [-0.2, 0) is 10.5 Å². The molecule has 0 bridgehead atoms. The molecule has 3 N–H and O–H groups in total. The number of halogens is 1. The van der Waals surface area contributed by atoms with Gasteiger partial charge in [-0.3, -0.25) is 4.79 Å². The molecule has 0 aliphatic heterocycles. The van der Waals surface area contributed by atoms with Crippen molar-refractivity contribution in [2.24, 2.45) is 0 Å². The molecule has 0 heterocycles. The average Bonchev–Trinajstić information content (AvgIpc) is 2.48. The molecular formula is C16H16ClNO2S. The Hall–Kier alpha value is -1.65. The SMILES string of the molecule is CC(C(=O)O)c1ccc(CSc2cc(N)ccc2Cl)cc1. The first-order chi connectivity index (χ1) is 9.97. The highest BCUT2D eigenvalue weighted by atomic mass is 35.5. The molecule has 0 amide bonds. The van der Waals surface area contributed by atoms with Gasteiger partial charge in [0.25, 0.3) is 0 Å². The third-order valence-corrected chi connectivity index (χ3v) is 4.77. The van der Waals surface area contributed by atoms with Crippen LogP contribution < -0.4 is 5.73 Å². The molecule has 2 aromatic rings. The molecule has 3 nitrogen and oxygen atoms in total. The van der Waals surface area contributed by atoms with E-state index in [0.29, 0.717) is 10.7 Å². The van der Waals surface area contributed by atoms with E-state index in [4.69, 9.17) is 22.4 Å². The second kappa shape index (κ2) is 6.87. The van der Waals surface area contributed by atoms with Gasteiger partial charge in [-0.15, -0.1) is 11.8 Å². The third kappa shape index (κ3) is 4.16. The number of nitrogen functional groups attached to an aromatic ring is 1. The van der Waals surface area contributed by atoms with Crippen molar-refractivity contribution < 1.29 is 9.90 Å². The van der Waals surface area contributed by atoms with Gasteiger partial charge in [0, 0.05) is 16.3 Å². The fraction of sp³-hybridized carbons (Fsp3) is 0.188. The van der Waals surface area contributed by atoms with Crippen LogP contribution in [0.3, 0.4) is 0 Å². The van der Waals surface area contributed by atoms with Crippen LogP contribution in [0.4, 0.5) is 5.69 Å². The highest BCUT2D eigenvalue weighted by Gasteiger charge is 2.13. The first-order valence-corrected chi connectivity index (χ1v) is 7.83. The maximum atomic E-state index is 10.9. The van der Waals surface area contributed by atoms with Crippen molar-refractivity contribution in [3.63, 3.8) is 0 Å². The molecule has 0 aliphatic rings. The smallest absolute Gasteiger partial charge is 0.310 e. The number of hydrogen-bond acceptors (Lipinski definition) is 3. The number of aliphatic carboxylic acids is 1. The Bertz CT molecular complexity index is 643. The van der Waals surface area contributed by atoms with E-state index >= 15 is 0 Å². The van der Waals surface area contributed by atoms with E-state index in [9.17, 15) is 4.79 Å². The number of carboxylic acid groups (broad SMARTS) is 1. The Morgan fingerprint density at radius 2 is 1.95 bits per heavy atom. The average molecular weight is 322 g/mol. The molecule has 0 aliphatic carbocycles. The van der Waals surface area contributed by atoms with Gasteiger partial charge in [0.2, 0.25) is 0 Å². The second-order valence-corrected chi connectivity index (χ2v) is 6.20. The Morgan fingerprint density at radius 3 is 2.57 bits per heavy atom. The summed E-state index contributed by atoms with van der Waals surface area (Å²) in [6.45, 7) is 1.68. The van der Waals surface area contributed by atoms with Crippen molar-refractivity contribution in [3.8, 4) is 0 Å². The van der Waals surface area contributed by atoms with Crippen LogP contribution >= 0.6 is 23.4 Å². The zero-order valence-corrected chi connectivity index (χ0v) is 13.1. The van der Waals surface area contributed by atoms with Crippen molar-refractivity contribution in [3.05, 3.63) is 58.6 Å². The molecule has 0 spiro atoms. The predicted octanol–water partition coefficient (Wildman–Crippen LogP) is 4.40.